The van der Waals surface area contributed by atoms with Crippen molar-refractivity contribution in [1.82, 2.24) is 9.78 Å². The van der Waals surface area contributed by atoms with Crippen molar-refractivity contribution in [2.45, 2.75) is 39.7 Å². The number of nitrogens with zero attached hydrogens (tertiary/aromatic N) is 2. The molecule has 0 saturated heterocycles. The van der Waals surface area contributed by atoms with Gasteiger partial charge in [-0.15, -0.1) is 0 Å². The molecule has 5 heteroatoms. The van der Waals surface area contributed by atoms with Crippen molar-refractivity contribution >= 4 is 21.7 Å². The maximum Gasteiger partial charge on any atom is 0.182 e. The molecule has 1 rings (SSSR count). The van der Waals surface area contributed by atoms with Crippen LogP contribution >= 0.6 is 15.9 Å². The number of nitrogens with two attached hydrogens (primary N) is 1. The van der Waals surface area contributed by atoms with E-state index in [1.54, 1.807) is 10.9 Å². The summed E-state index contributed by atoms with van der Waals surface area (Å²) in [6.07, 6.45) is 4.08. The van der Waals surface area contributed by atoms with E-state index >= 15 is 0 Å². The normalized spacial score (nSPS) is 12.7. The molecular formula is C12H20BrN3O. The molecule has 96 valence electrons. The first-order chi connectivity index (χ1) is 8.13. The zero-order valence-electron chi connectivity index (χ0n) is 10.4. The minimum Gasteiger partial charge on any atom is -0.330 e. The van der Waals surface area contributed by atoms with Gasteiger partial charge in [0.25, 0.3) is 0 Å². The van der Waals surface area contributed by atoms with Crippen molar-refractivity contribution in [3.63, 3.8) is 0 Å². The lowest BCUT2D eigenvalue weighted by atomic mass is 9.98. The average Bonchev–Trinajstić information content (AvgIpc) is 2.68. The molecule has 2 N–H and O–H groups in total. The second-order valence-electron chi connectivity index (χ2n) is 4.20. The Labute approximate surface area is 111 Å². The van der Waals surface area contributed by atoms with Crippen molar-refractivity contribution in [2.75, 3.05) is 6.54 Å². The summed E-state index contributed by atoms with van der Waals surface area (Å²) in [7, 11) is 0. The Balaban J connectivity index is 2.83. The summed E-state index contributed by atoms with van der Waals surface area (Å²) < 4.78 is 2.55. The van der Waals surface area contributed by atoms with Crippen LogP contribution in [-0.2, 0) is 6.54 Å². The van der Waals surface area contributed by atoms with E-state index in [1.807, 2.05) is 0 Å². The van der Waals surface area contributed by atoms with Gasteiger partial charge in [0.05, 0.1) is 10.7 Å². The first kappa shape index (κ1) is 14.4. The molecule has 1 heterocycles. The Morgan fingerprint density at radius 1 is 1.59 bits per heavy atom. The Morgan fingerprint density at radius 3 is 2.82 bits per heavy atom. The largest absolute Gasteiger partial charge is 0.330 e. The topological polar surface area (TPSA) is 60.9 Å². The smallest absolute Gasteiger partial charge is 0.182 e. The van der Waals surface area contributed by atoms with Crippen LogP contribution in [-0.4, -0.2) is 22.1 Å². The number of rotatable bonds is 7. The van der Waals surface area contributed by atoms with E-state index < -0.39 is 0 Å². The van der Waals surface area contributed by atoms with Crippen LogP contribution in [0.2, 0.25) is 0 Å². The van der Waals surface area contributed by atoms with E-state index in [-0.39, 0.29) is 11.7 Å². The number of carbonyl (C=O) groups excluding carboxylic acids is 1. The van der Waals surface area contributed by atoms with Crippen LogP contribution < -0.4 is 5.73 Å². The minimum atomic E-state index is 0.125. The number of carbonyl (C=O) groups is 1. The van der Waals surface area contributed by atoms with E-state index in [2.05, 4.69) is 34.9 Å². The maximum atomic E-state index is 12.2. The molecule has 1 aromatic heterocycles. The second kappa shape index (κ2) is 6.91. The van der Waals surface area contributed by atoms with Crippen molar-refractivity contribution in [2.24, 2.45) is 11.7 Å². The summed E-state index contributed by atoms with van der Waals surface area (Å²) in [6.45, 7) is 5.45. The van der Waals surface area contributed by atoms with Gasteiger partial charge in [0.1, 0.15) is 5.69 Å². The molecule has 4 nitrogen and oxygen atoms in total. The van der Waals surface area contributed by atoms with Gasteiger partial charge in [-0.05, 0) is 34.8 Å². The molecule has 0 radical (unpaired) electrons. The van der Waals surface area contributed by atoms with Gasteiger partial charge in [-0.2, -0.15) is 5.10 Å². The molecule has 1 unspecified atom stereocenters. The molecule has 0 aliphatic carbocycles. The molecule has 0 bridgehead atoms. The number of aryl methyl sites for hydroxylation is 1. The number of aromatic nitrogens is 2. The SMILES string of the molecule is CCCn1ncc(Br)c1C(=O)CC(CC)CN. The number of ketones is 1. The van der Waals surface area contributed by atoms with E-state index in [0.29, 0.717) is 18.7 Å². The van der Waals surface area contributed by atoms with E-state index in [9.17, 15) is 4.79 Å². The summed E-state index contributed by atoms with van der Waals surface area (Å²) in [6, 6.07) is 0. The van der Waals surface area contributed by atoms with Crippen LogP contribution in [0.3, 0.4) is 0 Å². The number of hydrogen-bond donors (Lipinski definition) is 1. The fraction of sp³-hybridized carbons (Fsp3) is 0.667. The first-order valence-corrected chi connectivity index (χ1v) is 6.87. The van der Waals surface area contributed by atoms with Gasteiger partial charge < -0.3 is 5.73 Å². The highest BCUT2D eigenvalue weighted by atomic mass is 79.9. The minimum absolute atomic E-state index is 0.125. The summed E-state index contributed by atoms with van der Waals surface area (Å²) in [5, 5.41) is 4.20. The maximum absolute atomic E-state index is 12.2. The fourth-order valence-corrected chi connectivity index (χ4v) is 2.29. The highest BCUT2D eigenvalue weighted by Gasteiger charge is 2.19. The quantitative estimate of drug-likeness (QED) is 0.788. The lowest BCUT2D eigenvalue weighted by Crippen LogP contribution is -2.20. The fourth-order valence-electron chi connectivity index (χ4n) is 1.77. The summed E-state index contributed by atoms with van der Waals surface area (Å²) in [5.74, 6) is 0.388. The molecule has 1 atom stereocenters. The third-order valence-electron chi connectivity index (χ3n) is 2.88. The molecule has 0 spiro atoms. The van der Waals surface area contributed by atoms with E-state index in [1.165, 1.54) is 0 Å². The highest BCUT2D eigenvalue weighted by molar-refractivity contribution is 9.10. The number of Topliss-reactive ketones (excluding diaryl/α,β-unsaturated/α-hetero) is 1. The molecule has 0 saturated carbocycles. The average molecular weight is 302 g/mol. The van der Waals surface area contributed by atoms with Crippen LogP contribution in [0.1, 0.15) is 43.6 Å². The van der Waals surface area contributed by atoms with Crippen molar-refractivity contribution in [1.29, 1.82) is 0 Å². The predicted octanol–water partition coefficient (Wildman–Crippen LogP) is 2.61. The molecule has 0 amide bonds. The summed E-state index contributed by atoms with van der Waals surface area (Å²) >= 11 is 3.39. The molecule has 0 aliphatic rings. The Bertz CT molecular complexity index is 372. The highest BCUT2D eigenvalue weighted by Crippen LogP contribution is 2.20. The van der Waals surface area contributed by atoms with Gasteiger partial charge in [0, 0.05) is 13.0 Å². The van der Waals surface area contributed by atoms with Crippen LogP contribution in [0, 0.1) is 5.92 Å². The molecule has 0 fully saturated rings. The lowest BCUT2D eigenvalue weighted by molar-refractivity contribution is 0.0949. The monoisotopic (exact) mass is 301 g/mol. The third-order valence-corrected chi connectivity index (χ3v) is 3.46. The van der Waals surface area contributed by atoms with E-state index in [0.717, 1.165) is 23.9 Å². The first-order valence-electron chi connectivity index (χ1n) is 6.08. The van der Waals surface area contributed by atoms with Crippen LogP contribution in [0.25, 0.3) is 0 Å². The van der Waals surface area contributed by atoms with Gasteiger partial charge in [-0.3, -0.25) is 9.48 Å². The van der Waals surface area contributed by atoms with Gasteiger partial charge in [0.15, 0.2) is 5.78 Å². The van der Waals surface area contributed by atoms with E-state index in [4.69, 9.17) is 5.73 Å². The van der Waals surface area contributed by atoms with Gasteiger partial charge in [0.2, 0.25) is 0 Å². The van der Waals surface area contributed by atoms with Gasteiger partial charge >= 0.3 is 0 Å². The lowest BCUT2D eigenvalue weighted by Gasteiger charge is -2.12. The summed E-state index contributed by atoms with van der Waals surface area (Å²) in [4.78, 5) is 12.2. The zero-order valence-corrected chi connectivity index (χ0v) is 12.0. The van der Waals surface area contributed by atoms with Crippen LogP contribution in [0.15, 0.2) is 10.7 Å². The Hall–Kier alpha value is -0.680. The van der Waals surface area contributed by atoms with Crippen LogP contribution in [0.4, 0.5) is 0 Å². The summed E-state index contributed by atoms with van der Waals surface area (Å²) in [5.41, 5.74) is 6.31. The Kier molecular flexibility index (Phi) is 5.85. The van der Waals surface area contributed by atoms with Gasteiger partial charge in [-0.1, -0.05) is 20.3 Å². The third kappa shape index (κ3) is 3.64. The van der Waals surface area contributed by atoms with Crippen LogP contribution in [0.5, 0.6) is 0 Å². The second-order valence-corrected chi connectivity index (χ2v) is 5.06. The van der Waals surface area contributed by atoms with Crippen molar-refractivity contribution < 1.29 is 4.79 Å². The molecule has 17 heavy (non-hydrogen) atoms. The Morgan fingerprint density at radius 2 is 2.29 bits per heavy atom. The predicted molar refractivity (Wildman–Crippen MR) is 72.0 cm³/mol. The van der Waals surface area contributed by atoms with Crippen molar-refractivity contribution in [3.8, 4) is 0 Å². The number of halogens is 1. The zero-order chi connectivity index (χ0) is 12.8. The molecular weight excluding hydrogens is 282 g/mol. The molecule has 1 aromatic rings. The standard InChI is InChI=1S/C12H20BrN3O/c1-3-5-16-12(10(13)8-15-16)11(17)6-9(4-2)7-14/h8-9H,3-7,14H2,1-2H3. The van der Waals surface area contributed by atoms with Crippen molar-refractivity contribution in [3.05, 3.63) is 16.4 Å². The number of hydrogen-bond acceptors (Lipinski definition) is 3. The molecule has 0 aliphatic heterocycles. The van der Waals surface area contributed by atoms with Gasteiger partial charge in [-0.25, -0.2) is 0 Å². The molecule has 0 aromatic carbocycles.